The van der Waals surface area contributed by atoms with Crippen molar-refractivity contribution in [2.75, 3.05) is 18.1 Å². The van der Waals surface area contributed by atoms with Crippen LogP contribution in [0.4, 0.5) is 5.13 Å². The Morgan fingerprint density at radius 1 is 0.971 bits per heavy atom. The number of carbonyl (C=O) groups is 1. The Morgan fingerprint density at radius 2 is 1.62 bits per heavy atom. The molecule has 0 saturated carbocycles. The first kappa shape index (κ1) is 23.5. The van der Waals surface area contributed by atoms with Gasteiger partial charge < -0.3 is 9.64 Å². The van der Waals surface area contributed by atoms with Gasteiger partial charge in [0.25, 0.3) is 5.91 Å². The number of aromatic nitrogens is 1. The summed E-state index contributed by atoms with van der Waals surface area (Å²) in [4.78, 5) is 18.7. The van der Waals surface area contributed by atoms with Crippen LogP contribution in [0.25, 0.3) is 11.3 Å². The zero-order valence-electron chi connectivity index (χ0n) is 19.2. The lowest BCUT2D eigenvalue weighted by atomic mass is 10.1. The smallest absolute Gasteiger partial charge is 0.274 e. The number of nitrogens with zero attached hydrogens (tertiary/aromatic N) is 2. The highest BCUT2D eigenvalue weighted by molar-refractivity contribution is 7.14. The topological polar surface area (TPSA) is 74.7 Å². The molecule has 0 aliphatic heterocycles. The summed E-state index contributed by atoms with van der Waals surface area (Å²) in [5.41, 5.74) is 7.52. The van der Waals surface area contributed by atoms with Crippen LogP contribution in [-0.2, 0) is 6.54 Å². The number of hydrogen-bond acceptors (Lipinski definition) is 6. The summed E-state index contributed by atoms with van der Waals surface area (Å²) in [5, 5.41) is 11.8. The van der Waals surface area contributed by atoms with E-state index in [9.17, 15) is 4.79 Å². The van der Waals surface area contributed by atoms with Gasteiger partial charge in [-0.1, -0.05) is 59.7 Å². The second kappa shape index (κ2) is 11.0. The monoisotopic (exact) mass is 473 g/mol. The molecule has 0 atom stereocenters. The number of carbonyl (C=O) groups excluding carboxylic acids is 1. The van der Waals surface area contributed by atoms with Gasteiger partial charge in [0.2, 0.25) is 0 Å². The van der Waals surface area contributed by atoms with Crippen LogP contribution in [0.1, 0.15) is 27.0 Å². The molecule has 6 nitrogen and oxygen atoms in total. The molecule has 7 heteroatoms. The molecule has 0 bridgehead atoms. The van der Waals surface area contributed by atoms with Crippen molar-refractivity contribution in [1.29, 1.82) is 0 Å². The Bertz CT molecular complexity index is 1220. The Labute approximate surface area is 203 Å². The van der Waals surface area contributed by atoms with Crippen LogP contribution in [0, 0.1) is 13.8 Å². The number of benzene rings is 3. The minimum Gasteiger partial charge on any atom is -0.492 e. The molecular formula is C27H27N3O3S. The predicted molar refractivity (Wildman–Crippen MR) is 136 cm³/mol. The lowest BCUT2D eigenvalue weighted by molar-refractivity contribution is 0.0706. The number of nitrogens with one attached hydrogen (secondary N) is 1. The molecule has 0 unspecified atom stereocenters. The number of hydroxylamine groups is 1. The Morgan fingerprint density at radius 3 is 2.26 bits per heavy atom. The van der Waals surface area contributed by atoms with Crippen LogP contribution in [0.15, 0.2) is 78.2 Å². The van der Waals surface area contributed by atoms with E-state index >= 15 is 0 Å². The number of ether oxygens (including phenoxy) is 1. The maximum atomic E-state index is 11.6. The van der Waals surface area contributed by atoms with Gasteiger partial charge >= 0.3 is 0 Å². The van der Waals surface area contributed by atoms with Crippen LogP contribution >= 0.6 is 11.3 Å². The van der Waals surface area contributed by atoms with Crippen molar-refractivity contribution in [3.05, 3.63) is 100 Å². The first-order chi connectivity index (χ1) is 16.5. The molecule has 3 aromatic carbocycles. The quantitative estimate of drug-likeness (QED) is 0.243. The van der Waals surface area contributed by atoms with Crippen LogP contribution in [0.3, 0.4) is 0 Å². The fraction of sp³-hybridized carbons (Fsp3) is 0.185. The average molecular weight is 474 g/mol. The zero-order valence-corrected chi connectivity index (χ0v) is 20.0. The molecule has 4 aromatic rings. The molecule has 1 aromatic heterocycles. The van der Waals surface area contributed by atoms with Crippen molar-refractivity contribution in [3.8, 4) is 17.0 Å². The highest BCUT2D eigenvalue weighted by Crippen LogP contribution is 2.29. The molecule has 34 heavy (non-hydrogen) atoms. The second-order valence-corrected chi connectivity index (χ2v) is 8.94. The number of amides is 1. The summed E-state index contributed by atoms with van der Waals surface area (Å²) in [6, 6.07) is 23.5. The van der Waals surface area contributed by atoms with E-state index in [1.807, 2.05) is 36.4 Å². The molecule has 1 heterocycles. The standard InChI is InChI=1S/C27H27N3O3S/c1-19-3-9-22(10-4-19)25-18-34-27(28-25)30(15-16-33-24-13-5-20(2)6-14-24)17-21-7-11-23(12-8-21)26(31)29-32/h3-14,18,32H,15-17H2,1-2H3,(H,29,31). The summed E-state index contributed by atoms with van der Waals surface area (Å²) >= 11 is 1.60. The number of hydrogen-bond donors (Lipinski definition) is 2. The minimum absolute atomic E-state index is 0.399. The molecule has 1 amide bonds. The lowest BCUT2D eigenvalue weighted by Gasteiger charge is -2.22. The molecule has 0 aliphatic carbocycles. The molecular weight excluding hydrogens is 446 g/mol. The van der Waals surface area contributed by atoms with Gasteiger partial charge in [-0.2, -0.15) is 0 Å². The van der Waals surface area contributed by atoms with Crippen LogP contribution in [-0.4, -0.2) is 29.3 Å². The van der Waals surface area contributed by atoms with E-state index in [4.69, 9.17) is 14.9 Å². The van der Waals surface area contributed by atoms with E-state index in [0.29, 0.717) is 25.3 Å². The normalized spacial score (nSPS) is 10.7. The van der Waals surface area contributed by atoms with E-state index in [0.717, 1.165) is 27.7 Å². The van der Waals surface area contributed by atoms with Gasteiger partial charge in [0.1, 0.15) is 12.4 Å². The summed E-state index contributed by atoms with van der Waals surface area (Å²) < 4.78 is 5.97. The fourth-order valence-electron chi connectivity index (χ4n) is 3.46. The third-order valence-electron chi connectivity index (χ3n) is 5.45. The Kier molecular flexibility index (Phi) is 7.57. The van der Waals surface area contributed by atoms with Gasteiger partial charge in [-0.3, -0.25) is 10.0 Å². The second-order valence-electron chi connectivity index (χ2n) is 8.10. The summed E-state index contributed by atoms with van der Waals surface area (Å²) in [7, 11) is 0. The van der Waals surface area contributed by atoms with E-state index in [1.54, 1.807) is 28.9 Å². The third-order valence-corrected chi connectivity index (χ3v) is 6.35. The van der Waals surface area contributed by atoms with E-state index in [2.05, 4.69) is 48.4 Å². The molecule has 0 saturated heterocycles. The number of anilines is 1. The highest BCUT2D eigenvalue weighted by atomic mass is 32.1. The van der Waals surface area contributed by atoms with Gasteiger partial charge in [-0.05, 0) is 43.7 Å². The van der Waals surface area contributed by atoms with Crippen LogP contribution in [0.2, 0.25) is 0 Å². The minimum atomic E-state index is -0.530. The van der Waals surface area contributed by atoms with Crippen molar-refractivity contribution in [1.82, 2.24) is 10.5 Å². The molecule has 0 fully saturated rings. The molecule has 174 valence electrons. The predicted octanol–water partition coefficient (Wildman–Crippen LogP) is 5.63. The van der Waals surface area contributed by atoms with Gasteiger partial charge in [-0.25, -0.2) is 10.5 Å². The van der Waals surface area contributed by atoms with Crippen molar-refractivity contribution in [2.24, 2.45) is 0 Å². The first-order valence-corrected chi connectivity index (χ1v) is 11.9. The summed E-state index contributed by atoms with van der Waals surface area (Å²) in [6.45, 7) is 5.89. The zero-order chi connectivity index (χ0) is 23.9. The average Bonchev–Trinajstić information content (AvgIpc) is 3.35. The summed E-state index contributed by atoms with van der Waals surface area (Å²) in [5.74, 6) is 0.307. The molecule has 0 aliphatic rings. The molecule has 0 spiro atoms. The van der Waals surface area contributed by atoms with Crippen molar-refractivity contribution < 1.29 is 14.7 Å². The third kappa shape index (κ3) is 6.01. The van der Waals surface area contributed by atoms with Crippen LogP contribution in [0.5, 0.6) is 5.75 Å². The van der Waals surface area contributed by atoms with Crippen LogP contribution < -0.4 is 15.1 Å². The van der Waals surface area contributed by atoms with E-state index in [-0.39, 0.29) is 0 Å². The molecule has 4 rings (SSSR count). The number of rotatable bonds is 9. The maximum Gasteiger partial charge on any atom is 0.274 e. The first-order valence-electron chi connectivity index (χ1n) is 11.0. The lowest BCUT2D eigenvalue weighted by Crippen LogP contribution is -2.28. The van der Waals surface area contributed by atoms with Crippen molar-refractivity contribution in [2.45, 2.75) is 20.4 Å². The number of aryl methyl sites for hydroxylation is 2. The molecule has 2 N–H and O–H groups in total. The van der Waals surface area contributed by atoms with Gasteiger partial charge in [0, 0.05) is 23.1 Å². The van der Waals surface area contributed by atoms with Crippen molar-refractivity contribution in [3.63, 3.8) is 0 Å². The SMILES string of the molecule is Cc1ccc(OCCN(Cc2ccc(C(=O)NO)cc2)c2nc(-c3ccc(C)cc3)cs2)cc1. The fourth-order valence-corrected chi connectivity index (χ4v) is 4.33. The maximum absolute atomic E-state index is 11.6. The van der Waals surface area contributed by atoms with Gasteiger partial charge in [-0.15, -0.1) is 11.3 Å². The molecule has 0 radical (unpaired) electrons. The highest BCUT2D eigenvalue weighted by Gasteiger charge is 2.14. The van der Waals surface area contributed by atoms with Gasteiger partial charge in [0.05, 0.1) is 12.2 Å². The largest absolute Gasteiger partial charge is 0.492 e. The van der Waals surface area contributed by atoms with E-state index in [1.165, 1.54) is 11.1 Å². The number of thiazole rings is 1. The Balaban J connectivity index is 1.51. The summed E-state index contributed by atoms with van der Waals surface area (Å²) in [6.07, 6.45) is 0. The van der Waals surface area contributed by atoms with Crippen molar-refractivity contribution >= 4 is 22.4 Å². The van der Waals surface area contributed by atoms with Gasteiger partial charge in [0.15, 0.2) is 5.13 Å². The Hall–Kier alpha value is -3.68. The van der Waals surface area contributed by atoms with E-state index < -0.39 is 5.91 Å².